The van der Waals surface area contributed by atoms with Crippen LogP contribution in [0.15, 0.2) is 12.2 Å². The van der Waals surface area contributed by atoms with E-state index in [-0.39, 0.29) is 0 Å². The molecule has 0 saturated heterocycles. The Morgan fingerprint density at radius 1 is 1.00 bits per heavy atom. The molecule has 0 aliphatic heterocycles. The second-order valence-corrected chi connectivity index (χ2v) is 3.43. The van der Waals surface area contributed by atoms with Crippen molar-refractivity contribution in [3.8, 4) is 0 Å². The molecule has 10 heavy (non-hydrogen) atoms. The SMILES string of the molecule is CC1(O)CC=CCC1(C)O. The number of hydrogen-bond acceptors (Lipinski definition) is 2. The van der Waals surface area contributed by atoms with Gasteiger partial charge < -0.3 is 10.2 Å². The minimum absolute atomic E-state index is 0.542. The highest BCUT2D eigenvalue weighted by molar-refractivity contribution is 5.08. The van der Waals surface area contributed by atoms with Gasteiger partial charge in [0.15, 0.2) is 0 Å². The van der Waals surface area contributed by atoms with Gasteiger partial charge in [-0.2, -0.15) is 0 Å². The van der Waals surface area contributed by atoms with Crippen LogP contribution in [0.4, 0.5) is 0 Å². The summed E-state index contributed by atoms with van der Waals surface area (Å²) in [6.07, 6.45) is 4.88. The molecule has 0 amide bonds. The maximum absolute atomic E-state index is 9.60. The summed E-state index contributed by atoms with van der Waals surface area (Å²) in [4.78, 5) is 0. The van der Waals surface area contributed by atoms with Crippen molar-refractivity contribution < 1.29 is 10.2 Å². The first-order valence-electron chi connectivity index (χ1n) is 3.55. The van der Waals surface area contributed by atoms with Crippen LogP contribution in [0, 0.1) is 0 Å². The molecule has 1 aliphatic rings. The summed E-state index contributed by atoms with van der Waals surface area (Å²) in [5.41, 5.74) is -1.91. The van der Waals surface area contributed by atoms with Crippen molar-refractivity contribution in [2.75, 3.05) is 0 Å². The van der Waals surface area contributed by atoms with Crippen LogP contribution in [0.1, 0.15) is 26.7 Å². The Labute approximate surface area is 61.2 Å². The van der Waals surface area contributed by atoms with Crippen LogP contribution in [0.3, 0.4) is 0 Å². The first-order valence-corrected chi connectivity index (χ1v) is 3.55. The average Bonchev–Trinajstić information content (AvgIpc) is 1.77. The van der Waals surface area contributed by atoms with Gasteiger partial charge in [-0.3, -0.25) is 0 Å². The molecule has 1 rings (SSSR count). The second kappa shape index (κ2) is 2.07. The molecule has 2 N–H and O–H groups in total. The summed E-state index contributed by atoms with van der Waals surface area (Å²) < 4.78 is 0. The summed E-state index contributed by atoms with van der Waals surface area (Å²) in [7, 11) is 0. The van der Waals surface area contributed by atoms with Crippen molar-refractivity contribution in [3.05, 3.63) is 12.2 Å². The lowest BCUT2D eigenvalue weighted by atomic mass is 9.77. The molecule has 0 aromatic carbocycles. The normalized spacial score (nSPS) is 47.6. The molecule has 0 spiro atoms. The molecule has 0 bridgehead atoms. The van der Waals surface area contributed by atoms with Gasteiger partial charge in [0, 0.05) is 0 Å². The van der Waals surface area contributed by atoms with Gasteiger partial charge in [-0.1, -0.05) is 12.2 Å². The van der Waals surface area contributed by atoms with Crippen molar-refractivity contribution in [1.82, 2.24) is 0 Å². The van der Waals surface area contributed by atoms with E-state index in [2.05, 4.69) is 0 Å². The van der Waals surface area contributed by atoms with Gasteiger partial charge in [-0.25, -0.2) is 0 Å². The molecular formula is C8H14O2. The van der Waals surface area contributed by atoms with Crippen LogP contribution in [0.2, 0.25) is 0 Å². The molecule has 1 aliphatic carbocycles. The highest BCUT2D eigenvalue weighted by Crippen LogP contribution is 2.32. The molecule has 0 fully saturated rings. The van der Waals surface area contributed by atoms with E-state index in [1.807, 2.05) is 12.2 Å². The Bertz CT molecular complexity index is 139. The average molecular weight is 142 g/mol. The highest BCUT2D eigenvalue weighted by Gasteiger charge is 2.41. The van der Waals surface area contributed by atoms with Gasteiger partial charge in [-0.05, 0) is 26.7 Å². The molecule has 0 heterocycles. The minimum Gasteiger partial charge on any atom is -0.387 e. The molecule has 0 radical (unpaired) electrons. The fraction of sp³-hybridized carbons (Fsp3) is 0.750. The molecule has 2 unspecified atom stereocenters. The summed E-state index contributed by atoms with van der Waals surface area (Å²) in [5, 5.41) is 19.2. The number of hydrogen-bond donors (Lipinski definition) is 2. The molecule has 58 valence electrons. The van der Waals surface area contributed by atoms with Crippen molar-refractivity contribution in [2.45, 2.75) is 37.9 Å². The van der Waals surface area contributed by atoms with E-state index in [1.54, 1.807) is 13.8 Å². The molecule has 2 atom stereocenters. The van der Waals surface area contributed by atoms with Gasteiger partial charge in [0.2, 0.25) is 0 Å². The monoisotopic (exact) mass is 142 g/mol. The fourth-order valence-corrected chi connectivity index (χ4v) is 1.07. The molecule has 2 heteroatoms. The van der Waals surface area contributed by atoms with Gasteiger partial charge in [0.1, 0.15) is 0 Å². The summed E-state index contributed by atoms with van der Waals surface area (Å²) in [5.74, 6) is 0. The van der Waals surface area contributed by atoms with Gasteiger partial charge >= 0.3 is 0 Å². The first-order chi connectivity index (χ1) is 4.46. The molecule has 0 saturated carbocycles. The van der Waals surface area contributed by atoms with Gasteiger partial charge in [-0.15, -0.1) is 0 Å². The Morgan fingerprint density at radius 2 is 1.30 bits per heavy atom. The highest BCUT2D eigenvalue weighted by atomic mass is 16.4. The van der Waals surface area contributed by atoms with E-state index in [4.69, 9.17) is 0 Å². The summed E-state index contributed by atoms with van der Waals surface area (Å²) in [6.45, 7) is 3.33. The van der Waals surface area contributed by atoms with E-state index < -0.39 is 11.2 Å². The Balaban J connectivity index is 2.84. The third-order valence-electron chi connectivity index (χ3n) is 2.36. The van der Waals surface area contributed by atoms with Crippen molar-refractivity contribution >= 4 is 0 Å². The van der Waals surface area contributed by atoms with Gasteiger partial charge in [0.05, 0.1) is 11.2 Å². The van der Waals surface area contributed by atoms with Crippen LogP contribution in [0.5, 0.6) is 0 Å². The molecule has 0 aromatic rings. The zero-order valence-electron chi connectivity index (χ0n) is 6.46. The number of rotatable bonds is 0. The maximum Gasteiger partial charge on any atom is 0.0939 e. The number of aliphatic hydroxyl groups is 2. The van der Waals surface area contributed by atoms with Crippen molar-refractivity contribution in [3.63, 3.8) is 0 Å². The third kappa shape index (κ3) is 1.09. The second-order valence-electron chi connectivity index (χ2n) is 3.43. The van der Waals surface area contributed by atoms with E-state index in [9.17, 15) is 10.2 Å². The maximum atomic E-state index is 9.60. The lowest BCUT2D eigenvalue weighted by Gasteiger charge is -2.39. The zero-order valence-corrected chi connectivity index (χ0v) is 6.46. The smallest absolute Gasteiger partial charge is 0.0939 e. The third-order valence-corrected chi connectivity index (χ3v) is 2.36. The van der Waals surface area contributed by atoms with E-state index in [0.717, 1.165) is 0 Å². The van der Waals surface area contributed by atoms with E-state index in [1.165, 1.54) is 0 Å². The fourth-order valence-electron chi connectivity index (χ4n) is 1.07. The zero-order chi connectivity index (χ0) is 7.83. The van der Waals surface area contributed by atoms with Crippen molar-refractivity contribution in [1.29, 1.82) is 0 Å². The summed E-state index contributed by atoms with van der Waals surface area (Å²) >= 11 is 0. The molecule has 0 aromatic heterocycles. The molecular weight excluding hydrogens is 128 g/mol. The lowest BCUT2D eigenvalue weighted by molar-refractivity contribution is -0.130. The largest absolute Gasteiger partial charge is 0.387 e. The van der Waals surface area contributed by atoms with E-state index in [0.29, 0.717) is 12.8 Å². The van der Waals surface area contributed by atoms with Crippen LogP contribution in [-0.2, 0) is 0 Å². The van der Waals surface area contributed by atoms with Gasteiger partial charge in [0.25, 0.3) is 0 Å². The van der Waals surface area contributed by atoms with Crippen molar-refractivity contribution in [2.24, 2.45) is 0 Å². The lowest BCUT2D eigenvalue weighted by Crippen LogP contribution is -2.50. The minimum atomic E-state index is -0.957. The Kier molecular flexibility index (Phi) is 1.61. The standard InChI is InChI=1S/C8H14O2/c1-7(9)5-3-4-6-8(7,2)10/h3-4,9-10H,5-6H2,1-2H3. The Hall–Kier alpha value is -0.340. The first kappa shape index (κ1) is 7.76. The van der Waals surface area contributed by atoms with Crippen LogP contribution in [-0.4, -0.2) is 21.4 Å². The summed E-state index contributed by atoms with van der Waals surface area (Å²) in [6, 6.07) is 0. The predicted octanol–water partition coefficient (Wildman–Crippen LogP) is 0.838. The Morgan fingerprint density at radius 3 is 1.50 bits per heavy atom. The van der Waals surface area contributed by atoms with Crippen LogP contribution >= 0.6 is 0 Å². The van der Waals surface area contributed by atoms with E-state index >= 15 is 0 Å². The molecule has 2 nitrogen and oxygen atoms in total. The van der Waals surface area contributed by atoms with Crippen LogP contribution < -0.4 is 0 Å². The van der Waals surface area contributed by atoms with Crippen LogP contribution in [0.25, 0.3) is 0 Å². The topological polar surface area (TPSA) is 40.5 Å². The predicted molar refractivity (Wildman–Crippen MR) is 39.6 cm³/mol. The quantitative estimate of drug-likeness (QED) is 0.492.